The van der Waals surface area contributed by atoms with Gasteiger partial charge in [0.1, 0.15) is 11.6 Å². The van der Waals surface area contributed by atoms with Gasteiger partial charge in [0.15, 0.2) is 6.10 Å². The average Bonchev–Trinajstić information content (AvgIpc) is 3.02. The van der Waals surface area contributed by atoms with Gasteiger partial charge in [-0.15, -0.1) is 0 Å². The second-order valence-electron chi connectivity index (χ2n) is 5.95. The Morgan fingerprint density at radius 1 is 1.26 bits per heavy atom. The third kappa shape index (κ3) is 4.46. The predicted molar refractivity (Wildman–Crippen MR) is 103 cm³/mol. The number of hydrogen-bond donors (Lipinski definition) is 1. The highest BCUT2D eigenvalue weighted by Gasteiger charge is 2.18. The highest BCUT2D eigenvalue weighted by molar-refractivity contribution is 6.30. The van der Waals surface area contributed by atoms with E-state index < -0.39 is 6.10 Å². The molecule has 0 spiro atoms. The standard InChI is InChI=1S/C20H17ClN4O2/c1-13-10-19(25(24-13)17-5-3-4-16(21)11-17)23-20(26)14(2)27-18-8-6-15(12-22)7-9-18/h3-11,14H,1-2H3,(H,23,26). The second kappa shape index (κ2) is 7.94. The molecule has 0 aliphatic rings. The van der Waals surface area contributed by atoms with Gasteiger partial charge in [0.05, 0.1) is 23.0 Å². The summed E-state index contributed by atoms with van der Waals surface area (Å²) in [5.41, 5.74) is 2.03. The summed E-state index contributed by atoms with van der Waals surface area (Å²) in [4.78, 5) is 12.5. The zero-order valence-corrected chi connectivity index (χ0v) is 15.6. The van der Waals surface area contributed by atoms with Crippen molar-refractivity contribution in [2.45, 2.75) is 20.0 Å². The molecule has 0 aliphatic carbocycles. The number of nitriles is 1. The molecule has 27 heavy (non-hydrogen) atoms. The molecule has 1 amide bonds. The summed E-state index contributed by atoms with van der Waals surface area (Å²) in [5.74, 6) is 0.716. The number of hydrogen-bond acceptors (Lipinski definition) is 4. The first-order valence-electron chi connectivity index (χ1n) is 8.26. The van der Waals surface area contributed by atoms with Gasteiger partial charge in [-0.1, -0.05) is 17.7 Å². The van der Waals surface area contributed by atoms with Crippen LogP contribution in [0.15, 0.2) is 54.6 Å². The summed E-state index contributed by atoms with van der Waals surface area (Å²) in [6.45, 7) is 3.49. The van der Waals surface area contributed by atoms with Gasteiger partial charge in [-0.25, -0.2) is 4.68 Å². The van der Waals surface area contributed by atoms with Crippen molar-refractivity contribution in [3.8, 4) is 17.5 Å². The van der Waals surface area contributed by atoms with Crippen molar-refractivity contribution in [1.82, 2.24) is 9.78 Å². The summed E-state index contributed by atoms with van der Waals surface area (Å²) >= 11 is 6.05. The van der Waals surface area contributed by atoms with Crippen LogP contribution in [0.1, 0.15) is 18.2 Å². The lowest BCUT2D eigenvalue weighted by Gasteiger charge is -2.15. The smallest absolute Gasteiger partial charge is 0.266 e. The number of benzene rings is 2. The fraction of sp³-hybridized carbons (Fsp3) is 0.150. The zero-order valence-electron chi connectivity index (χ0n) is 14.8. The molecule has 2 aromatic carbocycles. The molecule has 0 saturated carbocycles. The van der Waals surface area contributed by atoms with Crippen LogP contribution < -0.4 is 10.1 Å². The third-order valence-electron chi connectivity index (χ3n) is 3.80. The largest absolute Gasteiger partial charge is 0.481 e. The van der Waals surface area contributed by atoms with Crippen molar-refractivity contribution in [2.24, 2.45) is 0 Å². The molecule has 1 atom stereocenters. The SMILES string of the molecule is Cc1cc(NC(=O)C(C)Oc2ccc(C#N)cc2)n(-c2cccc(Cl)c2)n1. The predicted octanol–water partition coefficient (Wildman–Crippen LogP) is 4.11. The molecule has 3 rings (SSSR count). The monoisotopic (exact) mass is 380 g/mol. The number of carbonyl (C=O) groups is 1. The van der Waals surface area contributed by atoms with Crippen LogP contribution >= 0.6 is 11.6 Å². The van der Waals surface area contributed by atoms with E-state index in [1.807, 2.05) is 25.1 Å². The fourth-order valence-electron chi connectivity index (χ4n) is 2.49. The summed E-state index contributed by atoms with van der Waals surface area (Å²) in [6, 6.07) is 17.6. The first kappa shape index (κ1) is 18.5. The van der Waals surface area contributed by atoms with E-state index in [2.05, 4.69) is 10.4 Å². The number of carbonyl (C=O) groups excluding carboxylic acids is 1. The van der Waals surface area contributed by atoms with Crippen molar-refractivity contribution < 1.29 is 9.53 Å². The number of rotatable bonds is 5. The average molecular weight is 381 g/mol. The van der Waals surface area contributed by atoms with E-state index in [1.165, 1.54) is 0 Å². The van der Waals surface area contributed by atoms with Crippen LogP contribution in [0.25, 0.3) is 5.69 Å². The molecule has 1 unspecified atom stereocenters. The highest BCUT2D eigenvalue weighted by atomic mass is 35.5. The van der Waals surface area contributed by atoms with Gasteiger partial charge in [-0.3, -0.25) is 4.79 Å². The van der Waals surface area contributed by atoms with E-state index in [1.54, 1.807) is 54.1 Å². The van der Waals surface area contributed by atoms with Gasteiger partial charge >= 0.3 is 0 Å². The number of aryl methyl sites for hydroxylation is 1. The molecule has 6 nitrogen and oxygen atoms in total. The Balaban J connectivity index is 1.74. The van der Waals surface area contributed by atoms with E-state index in [0.29, 0.717) is 22.2 Å². The van der Waals surface area contributed by atoms with Crippen LogP contribution in [-0.4, -0.2) is 21.8 Å². The molecular weight excluding hydrogens is 364 g/mol. The topological polar surface area (TPSA) is 79.9 Å². The zero-order chi connectivity index (χ0) is 19.4. The quantitative estimate of drug-likeness (QED) is 0.722. The molecule has 1 heterocycles. The normalized spacial score (nSPS) is 11.5. The lowest BCUT2D eigenvalue weighted by Crippen LogP contribution is -2.31. The molecule has 1 aromatic heterocycles. The fourth-order valence-corrected chi connectivity index (χ4v) is 2.67. The van der Waals surface area contributed by atoms with Gasteiger partial charge in [-0.2, -0.15) is 10.4 Å². The van der Waals surface area contributed by atoms with Gasteiger partial charge < -0.3 is 10.1 Å². The molecule has 0 bridgehead atoms. The minimum Gasteiger partial charge on any atom is -0.481 e. The number of aromatic nitrogens is 2. The third-order valence-corrected chi connectivity index (χ3v) is 4.04. The molecule has 3 aromatic rings. The lowest BCUT2D eigenvalue weighted by atomic mass is 10.2. The Kier molecular flexibility index (Phi) is 5.43. The van der Waals surface area contributed by atoms with Gasteiger partial charge in [0, 0.05) is 11.1 Å². The Labute approximate surface area is 161 Å². The van der Waals surface area contributed by atoms with Crippen LogP contribution in [0.2, 0.25) is 5.02 Å². The van der Waals surface area contributed by atoms with Gasteiger partial charge in [0.2, 0.25) is 0 Å². The minimum atomic E-state index is -0.735. The number of anilines is 1. The van der Waals surface area contributed by atoms with E-state index >= 15 is 0 Å². The number of amides is 1. The molecule has 7 heteroatoms. The molecule has 136 valence electrons. The van der Waals surface area contributed by atoms with Crippen molar-refractivity contribution in [1.29, 1.82) is 5.26 Å². The summed E-state index contributed by atoms with van der Waals surface area (Å²) in [5, 5.41) is 16.7. The summed E-state index contributed by atoms with van der Waals surface area (Å²) in [7, 11) is 0. The summed E-state index contributed by atoms with van der Waals surface area (Å²) < 4.78 is 7.27. The van der Waals surface area contributed by atoms with Crippen LogP contribution in [0.5, 0.6) is 5.75 Å². The molecular formula is C20H17ClN4O2. The number of nitrogens with one attached hydrogen (secondary N) is 1. The van der Waals surface area contributed by atoms with Gasteiger partial charge in [-0.05, 0) is 56.3 Å². The van der Waals surface area contributed by atoms with E-state index in [0.717, 1.165) is 11.4 Å². The van der Waals surface area contributed by atoms with E-state index in [4.69, 9.17) is 21.6 Å². The van der Waals surface area contributed by atoms with Crippen molar-refractivity contribution in [3.63, 3.8) is 0 Å². The number of halogens is 1. The molecule has 1 N–H and O–H groups in total. The van der Waals surface area contributed by atoms with E-state index in [-0.39, 0.29) is 5.91 Å². The minimum absolute atomic E-state index is 0.317. The maximum absolute atomic E-state index is 12.5. The van der Waals surface area contributed by atoms with Crippen LogP contribution in [0.3, 0.4) is 0 Å². The summed E-state index contributed by atoms with van der Waals surface area (Å²) in [6.07, 6.45) is -0.735. The highest BCUT2D eigenvalue weighted by Crippen LogP contribution is 2.21. The van der Waals surface area contributed by atoms with Crippen molar-refractivity contribution in [2.75, 3.05) is 5.32 Å². The van der Waals surface area contributed by atoms with Crippen LogP contribution in [0.4, 0.5) is 5.82 Å². The first-order valence-corrected chi connectivity index (χ1v) is 8.64. The molecule has 0 fully saturated rings. The molecule has 0 aliphatic heterocycles. The Bertz CT molecular complexity index is 1010. The van der Waals surface area contributed by atoms with Crippen molar-refractivity contribution in [3.05, 3.63) is 70.9 Å². The number of ether oxygens (including phenoxy) is 1. The lowest BCUT2D eigenvalue weighted by molar-refractivity contribution is -0.122. The second-order valence-corrected chi connectivity index (χ2v) is 6.38. The van der Waals surface area contributed by atoms with Crippen LogP contribution in [0, 0.1) is 18.3 Å². The first-order chi connectivity index (χ1) is 13.0. The Morgan fingerprint density at radius 3 is 2.67 bits per heavy atom. The van der Waals surface area contributed by atoms with E-state index in [9.17, 15) is 4.79 Å². The van der Waals surface area contributed by atoms with Crippen molar-refractivity contribution >= 4 is 23.3 Å². The maximum Gasteiger partial charge on any atom is 0.266 e. The number of nitrogens with zero attached hydrogens (tertiary/aromatic N) is 3. The van der Waals surface area contributed by atoms with Gasteiger partial charge in [0.25, 0.3) is 5.91 Å². The molecule has 0 radical (unpaired) electrons. The van der Waals surface area contributed by atoms with Crippen LogP contribution in [-0.2, 0) is 4.79 Å². The Hall–Kier alpha value is -3.30. The Morgan fingerprint density at radius 2 is 2.00 bits per heavy atom. The maximum atomic E-state index is 12.5. The molecule has 0 saturated heterocycles.